The van der Waals surface area contributed by atoms with Crippen molar-refractivity contribution < 1.29 is 4.74 Å². The molecule has 2 aromatic carbocycles. The lowest BCUT2D eigenvalue weighted by molar-refractivity contribution is 0.179. The van der Waals surface area contributed by atoms with E-state index in [1.165, 1.54) is 0 Å². The van der Waals surface area contributed by atoms with Gasteiger partial charge in [-0.1, -0.05) is 60.1 Å². The van der Waals surface area contributed by atoms with E-state index in [0.717, 1.165) is 11.3 Å². The average Bonchev–Trinajstić information content (AvgIpc) is 2.60. The Morgan fingerprint density at radius 3 is 2.26 bits per heavy atom. The van der Waals surface area contributed by atoms with E-state index in [1.807, 2.05) is 60.7 Å². The van der Waals surface area contributed by atoms with Crippen LogP contribution in [0.1, 0.15) is 5.69 Å². The van der Waals surface area contributed by atoms with Crippen molar-refractivity contribution in [2.75, 3.05) is 7.11 Å². The summed E-state index contributed by atoms with van der Waals surface area (Å²) in [6.07, 6.45) is 0. The molecule has 0 aliphatic carbocycles. The lowest BCUT2D eigenvalue weighted by Gasteiger charge is -2.15. The number of halogens is 1. The number of rotatable bonds is 4. The van der Waals surface area contributed by atoms with Crippen LogP contribution in [0.3, 0.4) is 0 Å². The standard InChI is InChI=1S/C18H15ClN2O2/c1-23-12-15-17(19)20-16(13-8-4-2-5-9-13)18(22)21(15)14-10-6-3-7-11-14/h2-11H,12H2,1H3. The number of nitrogens with zero attached hydrogens (tertiary/aromatic N) is 2. The number of para-hydroxylation sites is 1. The predicted molar refractivity (Wildman–Crippen MR) is 91.0 cm³/mol. The molecule has 0 radical (unpaired) electrons. The molecule has 0 amide bonds. The molecule has 23 heavy (non-hydrogen) atoms. The number of methoxy groups -OCH3 is 1. The molecule has 0 saturated heterocycles. The van der Waals surface area contributed by atoms with Gasteiger partial charge in [-0.25, -0.2) is 4.98 Å². The van der Waals surface area contributed by atoms with Crippen molar-refractivity contribution in [1.29, 1.82) is 0 Å². The molecule has 0 fully saturated rings. The third-order valence-corrected chi connectivity index (χ3v) is 3.77. The normalized spacial score (nSPS) is 10.7. The van der Waals surface area contributed by atoms with E-state index in [0.29, 0.717) is 11.4 Å². The van der Waals surface area contributed by atoms with Crippen molar-refractivity contribution in [2.24, 2.45) is 0 Å². The third-order valence-electron chi connectivity index (χ3n) is 3.47. The summed E-state index contributed by atoms with van der Waals surface area (Å²) in [5.74, 6) is 0. The zero-order chi connectivity index (χ0) is 16.2. The first-order chi connectivity index (χ1) is 11.2. The first-order valence-electron chi connectivity index (χ1n) is 7.13. The summed E-state index contributed by atoms with van der Waals surface area (Å²) in [6, 6.07) is 18.6. The molecular weight excluding hydrogens is 312 g/mol. The van der Waals surface area contributed by atoms with Gasteiger partial charge in [-0.2, -0.15) is 0 Å². The van der Waals surface area contributed by atoms with Crippen molar-refractivity contribution >= 4 is 11.6 Å². The van der Waals surface area contributed by atoms with E-state index in [1.54, 1.807) is 11.7 Å². The maximum atomic E-state index is 13.0. The van der Waals surface area contributed by atoms with Gasteiger partial charge < -0.3 is 4.74 Å². The summed E-state index contributed by atoms with van der Waals surface area (Å²) < 4.78 is 6.74. The van der Waals surface area contributed by atoms with Crippen LogP contribution in [-0.4, -0.2) is 16.7 Å². The van der Waals surface area contributed by atoms with Gasteiger partial charge in [0.2, 0.25) is 0 Å². The summed E-state index contributed by atoms with van der Waals surface area (Å²) in [6.45, 7) is 0.199. The second kappa shape index (κ2) is 6.77. The zero-order valence-electron chi connectivity index (χ0n) is 12.6. The van der Waals surface area contributed by atoms with Gasteiger partial charge in [0.15, 0.2) is 5.15 Å². The number of ether oxygens (including phenoxy) is 1. The number of benzene rings is 2. The minimum Gasteiger partial charge on any atom is -0.378 e. The molecule has 0 spiro atoms. The fourth-order valence-corrected chi connectivity index (χ4v) is 2.65. The van der Waals surface area contributed by atoms with Crippen LogP contribution in [0.2, 0.25) is 5.15 Å². The lowest BCUT2D eigenvalue weighted by Crippen LogP contribution is -2.26. The van der Waals surface area contributed by atoms with Crippen LogP contribution in [-0.2, 0) is 11.3 Å². The Morgan fingerprint density at radius 1 is 1.04 bits per heavy atom. The number of aromatic nitrogens is 2. The van der Waals surface area contributed by atoms with Gasteiger partial charge in [-0.15, -0.1) is 0 Å². The molecular formula is C18H15ClN2O2. The average molecular weight is 327 g/mol. The highest BCUT2D eigenvalue weighted by Gasteiger charge is 2.17. The highest BCUT2D eigenvalue weighted by molar-refractivity contribution is 6.30. The Labute approximate surface area is 139 Å². The monoisotopic (exact) mass is 326 g/mol. The van der Waals surface area contributed by atoms with Gasteiger partial charge in [0.1, 0.15) is 5.69 Å². The van der Waals surface area contributed by atoms with E-state index in [2.05, 4.69) is 4.98 Å². The zero-order valence-corrected chi connectivity index (χ0v) is 13.3. The molecule has 0 aliphatic rings. The van der Waals surface area contributed by atoms with Gasteiger partial charge in [0.25, 0.3) is 5.56 Å². The first kappa shape index (κ1) is 15.5. The van der Waals surface area contributed by atoms with Crippen molar-refractivity contribution in [1.82, 2.24) is 9.55 Å². The Hall–Kier alpha value is -2.43. The van der Waals surface area contributed by atoms with Gasteiger partial charge in [0.05, 0.1) is 12.3 Å². The molecule has 0 saturated carbocycles. The second-order valence-electron chi connectivity index (χ2n) is 4.97. The molecule has 5 heteroatoms. The van der Waals surface area contributed by atoms with Gasteiger partial charge in [0, 0.05) is 18.4 Å². The fourth-order valence-electron chi connectivity index (χ4n) is 2.43. The maximum Gasteiger partial charge on any atom is 0.282 e. The molecule has 0 N–H and O–H groups in total. The van der Waals surface area contributed by atoms with E-state index < -0.39 is 0 Å². The second-order valence-corrected chi connectivity index (χ2v) is 5.33. The van der Waals surface area contributed by atoms with Crippen LogP contribution in [0.5, 0.6) is 0 Å². The van der Waals surface area contributed by atoms with Crippen molar-refractivity contribution in [2.45, 2.75) is 6.61 Å². The van der Waals surface area contributed by atoms with Crippen molar-refractivity contribution in [3.05, 3.63) is 81.9 Å². The third kappa shape index (κ3) is 3.04. The van der Waals surface area contributed by atoms with Crippen LogP contribution in [0.25, 0.3) is 16.9 Å². The molecule has 1 heterocycles. The SMILES string of the molecule is COCc1c(Cl)nc(-c2ccccc2)c(=O)n1-c1ccccc1. The topological polar surface area (TPSA) is 44.1 Å². The molecule has 1 aromatic heterocycles. The molecule has 0 aliphatic heterocycles. The molecule has 3 aromatic rings. The summed E-state index contributed by atoms with van der Waals surface area (Å²) in [5, 5.41) is 0.258. The number of hydrogen-bond donors (Lipinski definition) is 0. The quantitative estimate of drug-likeness (QED) is 0.734. The van der Waals surface area contributed by atoms with Crippen LogP contribution in [0, 0.1) is 0 Å². The molecule has 3 rings (SSSR count). The fraction of sp³-hybridized carbons (Fsp3) is 0.111. The van der Waals surface area contributed by atoms with Crippen LogP contribution < -0.4 is 5.56 Å². The maximum absolute atomic E-state index is 13.0. The van der Waals surface area contributed by atoms with Crippen molar-refractivity contribution in [3.8, 4) is 16.9 Å². The van der Waals surface area contributed by atoms with Gasteiger partial charge in [-0.3, -0.25) is 9.36 Å². The van der Waals surface area contributed by atoms with Crippen LogP contribution in [0.15, 0.2) is 65.5 Å². The van der Waals surface area contributed by atoms with E-state index in [4.69, 9.17) is 16.3 Å². The van der Waals surface area contributed by atoms with E-state index in [9.17, 15) is 4.79 Å². The van der Waals surface area contributed by atoms with Crippen LogP contribution >= 0.6 is 11.6 Å². The van der Waals surface area contributed by atoms with Gasteiger partial charge >= 0.3 is 0 Å². The smallest absolute Gasteiger partial charge is 0.282 e. The van der Waals surface area contributed by atoms with Crippen LogP contribution in [0.4, 0.5) is 0 Å². The summed E-state index contributed by atoms with van der Waals surface area (Å²) >= 11 is 6.33. The lowest BCUT2D eigenvalue weighted by atomic mass is 10.1. The Balaban J connectivity index is 2.31. The Morgan fingerprint density at radius 2 is 1.65 bits per heavy atom. The molecule has 0 atom stereocenters. The largest absolute Gasteiger partial charge is 0.378 e. The van der Waals surface area contributed by atoms with Crippen molar-refractivity contribution in [3.63, 3.8) is 0 Å². The summed E-state index contributed by atoms with van der Waals surface area (Å²) in [5.41, 5.74) is 2.09. The molecule has 0 unspecified atom stereocenters. The summed E-state index contributed by atoms with van der Waals surface area (Å²) in [7, 11) is 1.56. The molecule has 4 nitrogen and oxygen atoms in total. The molecule has 0 bridgehead atoms. The summed E-state index contributed by atoms with van der Waals surface area (Å²) in [4.78, 5) is 17.3. The minimum absolute atomic E-state index is 0.199. The Bertz CT molecular complexity index is 861. The predicted octanol–water partition coefficient (Wildman–Crippen LogP) is 3.70. The number of hydrogen-bond acceptors (Lipinski definition) is 3. The molecule has 116 valence electrons. The first-order valence-corrected chi connectivity index (χ1v) is 7.51. The van der Waals surface area contributed by atoms with E-state index in [-0.39, 0.29) is 17.3 Å². The highest BCUT2D eigenvalue weighted by atomic mass is 35.5. The highest BCUT2D eigenvalue weighted by Crippen LogP contribution is 2.21. The Kier molecular flexibility index (Phi) is 4.55. The van der Waals surface area contributed by atoms with E-state index >= 15 is 0 Å². The minimum atomic E-state index is -0.223. The van der Waals surface area contributed by atoms with Gasteiger partial charge in [-0.05, 0) is 12.1 Å².